The molecule has 1 saturated heterocycles. The molecule has 1 aliphatic heterocycles. The molecule has 1 fully saturated rings. The lowest BCUT2D eigenvalue weighted by Crippen LogP contribution is -2.45. The van der Waals surface area contributed by atoms with Crippen molar-refractivity contribution in [3.63, 3.8) is 0 Å². The van der Waals surface area contributed by atoms with E-state index in [4.69, 9.17) is 4.74 Å². The average Bonchev–Trinajstić information content (AvgIpc) is 3.36. The summed E-state index contributed by atoms with van der Waals surface area (Å²) < 4.78 is 46.0. The van der Waals surface area contributed by atoms with Crippen LogP contribution in [0.2, 0.25) is 0 Å². The van der Waals surface area contributed by atoms with Gasteiger partial charge < -0.3 is 14.2 Å². The Hall–Kier alpha value is -5.04. The second-order valence-electron chi connectivity index (χ2n) is 10.2. The molecule has 4 aromatic rings. The van der Waals surface area contributed by atoms with Crippen LogP contribution in [0.3, 0.4) is 0 Å². The number of para-hydroxylation sites is 1. The van der Waals surface area contributed by atoms with E-state index in [1.807, 2.05) is 30.3 Å². The molecular formula is C32H27F3N4O3. The van der Waals surface area contributed by atoms with Crippen LogP contribution in [0, 0.1) is 11.3 Å². The summed E-state index contributed by atoms with van der Waals surface area (Å²) >= 11 is 0. The molecule has 5 rings (SSSR count). The van der Waals surface area contributed by atoms with Crippen molar-refractivity contribution in [2.75, 3.05) is 18.4 Å². The van der Waals surface area contributed by atoms with Gasteiger partial charge in [-0.15, -0.1) is 0 Å². The summed E-state index contributed by atoms with van der Waals surface area (Å²) in [6, 6.07) is 24.7. The minimum absolute atomic E-state index is 0.162. The van der Waals surface area contributed by atoms with Crippen LogP contribution in [-0.2, 0) is 18.6 Å². The Balaban J connectivity index is 1.24. The molecule has 0 unspecified atom stereocenters. The highest BCUT2D eigenvalue weighted by atomic mass is 19.4. The van der Waals surface area contributed by atoms with Crippen molar-refractivity contribution in [1.82, 2.24) is 9.47 Å². The fourth-order valence-corrected chi connectivity index (χ4v) is 5.20. The van der Waals surface area contributed by atoms with Crippen LogP contribution in [0.1, 0.15) is 34.5 Å². The fourth-order valence-electron chi connectivity index (χ4n) is 5.20. The highest BCUT2D eigenvalue weighted by Crippen LogP contribution is 2.36. The second-order valence-corrected chi connectivity index (χ2v) is 10.2. The number of carbonyl (C=O) groups excluding carboxylic acids is 2. The van der Waals surface area contributed by atoms with E-state index < -0.39 is 23.2 Å². The van der Waals surface area contributed by atoms with Gasteiger partial charge in [0.05, 0.1) is 22.7 Å². The second kappa shape index (κ2) is 11.4. The lowest BCUT2D eigenvalue weighted by atomic mass is 9.74. The monoisotopic (exact) mass is 572 g/mol. The third kappa shape index (κ3) is 5.86. The third-order valence-electron chi connectivity index (χ3n) is 7.53. The zero-order valence-corrected chi connectivity index (χ0v) is 22.7. The smallest absolute Gasteiger partial charge is 0.409 e. The van der Waals surface area contributed by atoms with Crippen molar-refractivity contribution in [1.29, 1.82) is 5.26 Å². The molecule has 1 N–H and O–H groups in total. The zero-order valence-electron chi connectivity index (χ0n) is 22.7. The number of nitrogens with zero attached hydrogens (tertiary/aromatic N) is 3. The maximum atomic E-state index is 13.3. The van der Waals surface area contributed by atoms with Crippen molar-refractivity contribution in [3.8, 4) is 22.9 Å². The SMILES string of the molecule is Cn1cc(NC(=O)Oc2ccccc2-c2ccc(C(F)(F)F)cc2)cc1C(=O)N1CCC(C#N)(c2ccccc2)CC1. The predicted octanol–water partition coefficient (Wildman–Crippen LogP) is 7.02. The zero-order chi connectivity index (χ0) is 29.9. The maximum absolute atomic E-state index is 13.3. The van der Waals surface area contributed by atoms with Crippen molar-refractivity contribution in [2.24, 2.45) is 7.05 Å². The van der Waals surface area contributed by atoms with Crippen LogP contribution in [0.25, 0.3) is 11.1 Å². The fraction of sp³-hybridized carbons (Fsp3) is 0.219. The Labute approximate surface area is 240 Å². The maximum Gasteiger partial charge on any atom is 0.417 e. The number of benzene rings is 3. The first-order valence-corrected chi connectivity index (χ1v) is 13.3. The third-order valence-corrected chi connectivity index (χ3v) is 7.53. The van der Waals surface area contributed by atoms with Gasteiger partial charge in [0, 0.05) is 31.9 Å². The van der Waals surface area contributed by atoms with E-state index in [-0.39, 0.29) is 11.7 Å². The van der Waals surface area contributed by atoms with Gasteiger partial charge in [-0.3, -0.25) is 10.1 Å². The van der Waals surface area contributed by atoms with Gasteiger partial charge in [0.25, 0.3) is 5.91 Å². The lowest BCUT2D eigenvalue weighted by molar-refractivity contribution is -0.137. The Morgan fingerprint density at radius 1 is 0.952 bits per heavy atom. The van der Waals surface area contributed by atoms with E-state index in [1.165, 1.54) is 12.1 Å². The number of nitriles is 1. The normalized spacial score (nSPS) is 14.6. The summed E-state index contributed by atoms with van der Waals surface area (Å²) in [6.45, 7) is 0.829. The van der Waals surface area contributed by atoms with Gasteiger partial charge in [-0.25, -0.2) is 4.79 Å². The van der Waals surface area contributed by atoms with Crippen LogP contribution in [0.4, 0.5) is 23.7 Å². The number of alkyl halides is 3. The number of halogens is 3. The molecule has 1 aliphatic rings. The number of carbonyl (C=O) groups is 2. The predicted molar refractivity (Wildman–Crippen MR) is 151 cm³/mol. The highest BCUT2D eigenvalue weighted by Gasteiger charge is 2.38. The first kappa shape index (κ1) is 28.5. The van der Waals surface area contributed by atoms with Crippen LogP contribution >= 0.6 is 0 Å². The summed E-state index contributed by atoms with van der Waals surface area (Å²) in [6.07, 6.45) is -2.66. The van der Waals surface area contributed by atoms with Crippen LogP contribution in [0.15, 0.2) is 91.1 Å². The standard InChI is InChI=1S/C32H27F3N4O3/c1-38-20-25(19-27(38)29(40)39-17-15-31(21-36,16-18-39)23-7-3-2-4-8-23)37-30(41)42-28-10-6-5-9-26(28)22-11-13-24(14-12-22)32(33,34)35/h2-14,19-20H,15-18H2,1H3,(H,37,41). The van der Waals surface area contributed by atoms with Crippen LogP contribution in [0.5, 0.6) is 5.75 Å². The number of nitrogens with one attached hydrogen (secondary N) is 1. The highest BCUT2D eigenvalue weighted by molar-refractivity contribution is 5.96. The number of likely N-dealkylation sites (tertiary alicyclic amines) is 1. The minimum Gasteiger partial charge on any atom is -0.409 e. The molecule has 0 spiro atoms. The number of rotatable bonds is 5. The number of ether oxygens (including phenoxy) is 1. The van der Waals surface area contributed by atoms with E-state index in [0.29, 0.717) is 48.4 Å². The summed E-state index contributed by atoms with van der Waals surface area (Å²) in [5.41, 5.74) is 1.13. The largest absolute Gasteiger partial charge is 0.417 e. The van der Waals surface area contributed by atoms with Crippen LogP contribution in [-0.4, -0.2) is 34.6 Å². The molecule has 7 nitrogen and oxygen atoms in total. The van der Waals surface area contributed by atoms with Gasteiger partial charge in [0.1, 0.15) is 11.4 Å². The number of aryl methyl sites for hydroxylation is 1. The van der Waals surface area contributed by atoms with Gasteiger partial charge in [-0.05, 0) is 48.2 Å². The first-order chi connectivity index (χ1) is 20.1. The molecule has 3 aromatic carbocycles. The van der Waals surface area contributed by atoms with E-state index in [0.717, 1.165) is 17.7 Å². The molecule has 0 atom stereocenters. The van der Waals surface area contributed by atoms with Crippen molar-refractivity contribution >= 4 is 17.7 Å². The Bertz CT molecular complexity index is 1630. The lowest BCUT2D eigenvalue weighted by Gasteiger charge is -2.37. The Kier molecular flexibility index (Phi) is 7.77. The first-order valence-electron chi connectivity index (χ1n) is 13.3. The van der Waals surface area contributed by atoms with Gasteiger partial charge >= 0.3 is 12.3 Å². The molecule has 0 radical (unpaired) electrons. The van der Waals surface area contributed by atoms with E-state index in [1.54, 1.807) is 53.0 Å². The molecule has 0 aliphatic carbocycles. The summed E-state index contributed by atoms with van der Waals surface area (Å²) in [5, 5.41) is 12.6. The molecule has 1 aromatic heterocycles. The molecule has 10 heteroatoms. The number of piperidine rings is 1. The van der Waals surface area contributed by atoms with Crippen LogP contribution < -0.4 is 10.1 Å². The molecule has 42 heavy (non-hydrogen) atoms. The van der Waals surface area contributed by atoms with Gasteiger partial charge in [-0.1, -0.05) is 60.7 Å². The number of anilines is 1. The molecule has 2 amide bonds. The van der Waals surface area contributed by atoms with E-state index in [2.05, 4.69) is 11.4 Å². The number of hydrogen-bond donors (Lipinski definition) is 1. The quantitative estimate of drug-likeness (QED) is 0.279. The summed E-state index contributed by atoms with van der Waals surface area (Å²) in [5.74, 6) is -0.0548. The summed E-state index contributed by atoms with van der Waals surface area (Å²) in [7, 11) is 1.69. The van der Waals surface area contributed by atoms with Gasteiger partial charge in [0.2, 0.25) is 0 Å². The van der Waals surface area contributed by atoms with E-state index >= 15 is 0 Å². The number of hydrogen-bond acceptors (Lipinski definition) is 4. The van der Waals surface area contributed by atoms with Crippen molar-refractivity contribution in [3.05, 3.63) is 108 Å². The molecular weight excluding hydrogens is 545 g/mol. The average molecular weight is 573 g/mol. The molecule has 214 valence electrons. The molecule has 0 bridgehead atoms. The minimum atomic E-state index is -4.46. The Morgan fingerprint density at radius 3 is 2.24 bits per heavy atom. The van der Waals surface area contributed by atoms with E-state index in [9.17, 15) is 28.0 Å². The number of aromatic nitrogens is 1. The molecule has 0 saturated carbocycles. The van der Waals surface area contributed by atoms with Crippen molar-refractivity contribution in [2.45, 2.75) is 24.4 Å². The summed E-state index contributed by atoms with van der Waals surface area (Å²) in [4.78, 5) is 27.8. The van der Waals surface area contributed by atoms with Crippen molar-refractivity contribution < 1.29 is 27.5 Å². The van der Waals surface area contributed by atoms with Gasteiger partial charge in [0.15, 0.2) is 0 Å². The number of amides is 2. The van der Waals surface area contributed by atoms with Gasteiger partial charge in [-0.2, -0.15) is 18.4 Å². The molecule has 2 heterocycles. The topological polar surface area (TPSA) is 87.4 Å². The Morgan fingerprint density at radius 2 is 1.60 bits per heavy atom.